The predicted octanol–water partition coefficient (Wildman–Crippen LogP) is 3.72. The summed E-state index contributed by atoms with van der Waals surface area (Å²) in [5.41, 5.74) is 1.24. The number of amides is 2. The first kappa shape index (κ1) is 19.7. The van der Waals surface area contributed by atoms with Gasteiger partial charge in [-0.05, 0) is 25.3 Å². The Bertz CT molecular complexity index is 634. The van der Waals surface area contributed by atoms with Crippen molar-refractivity contribution >= 4 is 28.9 Å². The van der Waals surface area contributed by atoms with Gasteiger partial charge in [0.15, 0.2) is 5.12 Å². The van der Waals surface area contributed by atoms with Crippen LogP contribution in [0, 0.1) is 5.92 Å². The van der Waals surface area contributed by atoms with Crippen molar-refractivity contribution in [1.82, 2.24) is 0 Å². The van der Waals surface area contributed by atoms with Crippen LogP contribution >= 0.6 is 11.8 Å². The predicted molar refractivity (Wildman–Crippen MR) is 98.2 cm³/mol. The maximum atomic E-state index is 12.7. The average Bonchev–Trinajstić information content (AvgIpc) is 2.91. The van der Waals surface area contributed by atoms with E-state index in [0.29, 0.717) is 12.3 Å². The van der Waals surface area contributed by atoms with Gasteiger partial charge in [-0.1, -0.05) is 42.1 Å². The van der Waals surface area contributed by atoms with Crippen LogP contribution in [-0.2, 0) is 16.0 Å². The van der Waals surface area contributed by atoms with Crippen LogP contribution in [0.5, 0.6) is 0 Å². The first-order valence-corrected chi connectivity index (χ1v) is 9.66. The number of hydrogen-bond acceptors (Lipinski definition) is 4. The van der Waals surface area contributed by atoms with E-state index in [1.165, 1.54) is 12.5 Å². The minimum atomic E-state index is -1.06. The Kier molecular flexibility index (Phi) is 6.79. The summed E-state index contributed by atoms with van der Waals surface area (Å²) in [5.74, 6) is 0.287. The lowest BCUT2D eigenvalue weighted by molar-refractivity contribution is -0.794. The van der Waals surface area contributed by atoms with E-state index >= 15 is 0 Å². The van der Waals surface area contributed by atoms with Gasteiger partial charge >= 0.3 is 12.0 Å². The average molecular weight is 364 g/mol. The van der Waals surface area contributed by atoms with Crippen LogP contribution in [0.3, 0.4) is 0 Å². The van der Waals surface area contributed by atoms with Crippen LogP contribution in [0.4, 0.5) is 4.79 Å². The third-order valence-electron chi connectivity index (χ3n) is 5.06. The second-order valence-electron chi connectivity index (χ2n) is 6.79. The molecule has 0 aromatic heterocycles. The number of aryl methyl sites for hydroxylation is 1. The molecule has 0 spiro atoms. The minimum absolute atomic E-state index is 0.0510. The number of carboxylic acid groups (broad SMARTS) is 1. The molecule has 25 heavy (non-hydrogen) atoms. The fourth-order valence-corrected chi connectivity index (χ4v) is 4.32. The van der Waals surface area contributed by atoms with Gasteiger partial charge in [0, 0.05) is 25.0 Å². The van der Waals surface area contributed by atoms with E-state index in [2.05, 4.69) is 12.1 Å². The van der Waals surface area contributed by atoms with Crippen LogP contribution in [-0.4, -0.2) is 45.0 Å². The molecule has 2 amide bonds. The number of benzene rings is 1. The van der Waals surface area contributed by atoms with E-state index in [0.717, 1.165) is 31.0 Å². The first-order chi connectivity index (χ1) is 11.9. The van der Waals surface area contributed by atoms with Crippen LogP contribution in [0.25, 0.3) is 0 Å². The molecule has 1 aromatic carbocycles. The summed E-state index contributed by atoms with van der Waals surface area (Å²) in [5, 5.41) is 9.74. The summed E-state index contributed by atoms with van der Waals surface area (Å²) >= 11 is 1.08. The number of imide groups is 1. The molecule has 1 N–H and O–H groups in total. The molecule has 0 saturated carbocycles. The molecule has 5 nitrogen and oxygen atoms in total. The Hall–Kier alpha value is -1.66. The molecule has 0 bridgehead atoms. The summed E-state index contributed by atoms with van der Waals surface area (Å²) in [6, 6.07) is 9.89. The number of rotatable bonds is 6. The third-order valence-corrected chi connectivity index (χ3v) is 5.88. The molecule has 6 heteroatoms. The van der Waals surface area contributed by atoms with Crippen LogP contribution < -0.4 is 0 Å². The molecule has 1 heterocycles. The first-order valence-electron chi connectivity index (χ1n) is 8.68. The number of nitrogens with zero attached hydrogens (tertiary/aromatic N) is 1. The van der Waals surface area contributed by atoms with E-state index in [-0.39, 0.29) is 29.4 Å². The van der Waals surface area contributed by atoms with Gasteiger partial charge in [-0.2, -0.15) is 9.28 Å². The molecule has 1 aliphatic rings. The standard InChI is InChI=1S/C19H25NO4S/c1-14-12-17(9-8-16-6-4-3-5-7-16)13-20(14,19(23)24)18(22)10-11-25-15(2)21/h3-7,14,17H,8-13H2,1-2H3/p+1/t14?,17-,20?/m0/s1. The molecule has 2 unspecified atom stereocenters. The summed E-state index contributed by atoms with van der Waals surface area (Å²) in [7, 11) is 0. The van der Waals surface area contributed by atoms with Gasteiger partial charge in [0.2, 0.25) is 0 Å². The SMILES string of the molecule is CC(=O)SCCC(=O)[N+]1(C(=O)O)C[C@@H](CCc2ccccc2)CC1C. The zero-order valence-corrected chi connectivity index (χ0v) is 15.6. The largest absolute Gasteiger partial charge is 0.521 e. The van der Waals surface area contributed by atoms with Gasteiger partial charge in [0.05, 0.1) is 13.0 Å². The van der Waals surface area contributed by atoms with Crippen molar-refractivity contribution in [3.8, 4) is 0 Å². The Morgan fingerprint density at radius 2 is 1.92 bits per heavy atom. The molecule has 1 fully saturated rings. The fourth-order valence-electron chi connectivity index (χ4n) is 3.75. The number of carbonyl (C=O) groups excluding carboxylic acids is 2. The van der Waals surface area contributed by atoms with E-state index < -0.39 is 10.6 Å². The molecular weight excluding hydrogens is 338 g/mol. The van der Waals surface area contributed by atoms with Crippen molar-refractivity contribution in [2.24, 2.45) is 5.92 Å². The zero-order valence-electron chi connectivity index (χ0n) is 14.8. The van der Waals surface area contributed by atoms with Gasteiger partial charge in [-0.15, -0.1) is 0 Å². The molecule has 0 radical (unpaired) electrons. The lowest BCUT2D eigenvalue weighted by Crippen LogP contribution is -2.58. The fraction of sp³-hybridized carbons (Fsp3) is 0.526. The van der Waals surface area contributed by atoms with Crippen molar-refractivity contribution in [3.05, 3.63) is 35.9 Å². The minimum Gasteiger partial charge on any atom is -0.435 e. The van der Waals surface area contributed by atoms with Crippen LogP contribution in [0.15, 0.2) is 30.3 Å². The van der Waals surface area contributed by atoms with Gasteiger partial charge in [-0.3, -0.25) is 4.79 Å². The summed E-state index contributed by atoms with van der Waals surface area (Å²) in [6.45, 7) is 3.66. The number of quaternary nitrogens is 1. The number of hydrogen-bond donors (Lipinski definition) is 1. The highest BCUT2D eigenvalue weighted by Gasteiger charge is 2.55. The van der Waals surface area contributed by atoms with Crippen LogP contribution in [0.2, 0.25) is 0 Å². The zero-order chi connectivity index (χ0) is 18.4. The molecule has 1 aliphatic heterocycles. The highest BCUT2D eigenvalue weighted by molar-refractivity contribution is 8.13. The number of thioether (sulfide) groups is 1. The number of likely N-dealkylation sites (tertiary alicyclic amines) is 1. The van der Waals surface area contributed by atoms with Crippen molar-refractivity contribution in [2.45, 2.75) is 45.6 Å². The lowest BCUT2D eigenvalue weighted by atomic mass is 9.97. The number of carbonyl (C=O) groups is 3. The van der Waals surface area contributed by atoms with E-state index in [9.17, 15) is 19.5 Å². The van der Waals surface area contributed by atoms with Crippen molar-refractivity contribution in [2.75, 3.05) is 12.3 Å². The summed E-state index contributed by atoms with van der Waals surface area (Å²) < 4.78 is -0.488. The highest BCUT2D eigenvalue weighted by atomic mass is 32.2. The van der Waals surface area contributed by atoms with Gasteiger partial charge in [-0.25, -0.2) is 4.79 Å². The summed E-state index contributed by atoms with van der Waals surface area (Å²) in [6.07, 6.45) is 1.58. The quantitative estimate of drug-likeness (QED) is 0.779. The van der Waals surface area contributed by atoms with Gasteiger partial charge in [0.1, 0.15) is 6.04 Å². The topological polar surface area (TPSA) is 71.4 Å². The summed E-state index contributed by atoms with van der Waals surface area (Å²) in [4.78, 5) is 35.7. The third kappa shape index (κ3) is 4.70. The molecular formula is C19H26NO4S+. The molecule has 2 rings (SSSR count). The Morgan fingerprint density at radius 1 is 1.24 bits per heavy atom. The lowest BCUT2D eigenvalue weighted by Gasteiger charge is -2.29. The van der Waals surface area contributed by atoms with Gasteiger partial charge < -0.3 is 5.11 Å². The Balaban J connectivity index is 2.01. The highest BCUT2D eigenvalue weighted by Crippen LogP contribution is 2.35. The second-order valence-corrected chi connectivity index (χ2v) is 8.06. The smallest absolute Gasteiger partial charge is 0.435 e. The maximum absolute atomic E-state index is 12.7. The monoisotopic (exact) mass is 364 g/mol. The van der Waals surface area contributed by atoms with Crippen molar-refractivity contribution < 1.29 is 24.0 Å². The van der Waals surface area contributed by atoms with Crippen molar-refractivity contribution in [1.29, 1.82) is 0 Å². The molecule has 1 saturated heterocycles. The Labute approximate surface area is 153 Å². The normalized spacial score (nSPS) is 25.7. The van der Waals surface area contributed by atoms with Gasteiger partial charge in [0.25, 0.3) is 0 Å². The Morgan fingerprint density at radius 3 is 2.52 bits per heavy atom. The maximum Gasteiger partial charge on any atom is 0.521 e. The van der Waals surface area contributed by atoms with E-state index in [4.69, 9.17) is 0 Å². The van der Waals surface area contributed by atoms with Crippen molar-refractivity contribution in [3.63, 3.8) is 0 Å². The van der Waals surface area contributed by atoms with E-state index in [1.54, 1.807) is 0 Å². The molecule has 1 aromatic rings. The van der Waals surface area contributed by atoms with Crippen LogP contribution in [0.1, 0.15) is 38.7 Å². The molecule has 136 valence electrons. The second kappa shape index (κ2) is 8.63. The molecule has 3 atom stereocenters. The molecule has 0 aliphatic carbocycles. The van der Waals surface area contributed by atoms with E-state index in [1.807, 2.05) is 25.1 Å².